The molecule has 3 aromatic carbocycles. The summed E-state index contributed by atoms with van der Waals surface area (Å²) in [4.78, 5) is 24.8. The van der Waals surface area contributed by atoms with Crippen LogP contribution >= 0.6 is 0 Å². The number of amides is 1. The van der Waals surface area contributed by atoms with Crippen LogP contribution in [0.25, 0.3) is 10.8 Å². The topological polar surface area (TPSA) is 60.6 Å². The van der Waals surface area contributed by atoms with Gasteiger partial charge in [0, 0.05) is 49.4 Å². The summed E-state index contributed by atoms with van der Waals surface area (Å²) in [5, 5.41) is 11.5. The predicted molar refractivity (Wildman–Crippen MR) is 151 cm³/mol. The Labute approximate surface area is 235 Å². The third-order valence-corrected chi connectivity index (χ3v) is 7.00. The first-order chi connectivity index (χ1) is 17.8. The SMILES string of the molecule is CC(=O)N(/C=C/C=C/C1=[N+](CCCCCC(=O)O)c2ccc3ccccc3c2C1(C)C)c1ccccc1.[Br-]. The van der Waals surface area contributed by atoms with E-state index in [0.717, 1.165) is 25.1 Å². The zero-order valence-corrected chi connectivity index (χ0v) is 23.8. The number of hydrogen-bond donors (Lipinski definition) is 1. The Hall–Kier alpha value is -3.51. The van der Waals surface area contributed by atoms with Crippen LogP contribution in [-0.2, 0) is 15.0 Å². The lowest BCUT2D eigenvalue weighted by molar-refractivity contribution is -0.438. The second-order valence-corrected chi connectivity index (χ2v) is 9.97. The van der Waals surface area contributed by atoms with Gasteiger partial charge in [0.15, 0.2) is 5.71 Å². The lowest BCUT2D eigenvalue weighted by Gasteiger charge is -2.17. The zero-order valence-electron chi connectivity index (χ0n) is 22.2. The average Bonchev–Trinajstić information content (AvgIpc) is 3.10. The summed E-state index contributed by atoms with van der Waals surface area (Å²) in [7, 11) is 0. The minimum absolute atomic E-state index is 0. The third kappa shape index (κ3) is 6.30. The molecule has 0 atom stereocenters. The second-order valence-electron chi connectivity index (χ2n) is 9.97. The van der Waals surface area contributed by atoms with E-state index in [0.29, 0.717) is 6.42 Å². The number of para-hydroxylation sites is 1. The van der Waals surface area contributed by atoms with E-state index in [1.54, 1.807) is 18.0 Å². The van der Waals surface area contributed by atoms with Gasteiger partial charge < -0.3 is 22.1 Å². The van der Waals surface area contributed by atoms with E-state index >= 15 is 0 Å². The highest BCUT2D eigenvalue weighted by Crippen LogP contribution is 2.44. The van der Waals surface area contributed by atoms with Gasteiger partial charge in [-0.2, -0.15) is 4.58 Å². The minimum atomic E-state index is -0.740. The smallest absolute Gasteiger partial charge is 0.303 e. The predicted octanol–water partition coefficient (Wildman–Crippen LogP) is 3.99. The van der Waals surface area contributed by atoms with Crippen LogP contribution in [0.1, 0.15) is 52.0 Å². The molecule has 0 fully saturated rings. The summed E-state index contributed by atoms with van der Waals surface area (Å²) in [5.74, 6) is -0.789. The van der Waals surface area contributed by atoms with Crippen LogP contribution in [0, 0.1) is 0 Å². The van der Waals surface area contributed by atoms with Crippen molar-refractivity contribution >= 4 is 39.7 Å². The van der Waals surface area contributed by atoms with Gasteiger partial charge in [-0.1, -0.05) is 48.5 Å². The van der Waals surface area contributed by atoms with E-state index in [9.17, 15) is 9.59 Å². The molecule has 0 saturated heterocycles. The van der Waals surface area contributed by atoms with Crippen molar-refractivity contribution < 1.29 is 36.3 Å². The summed E-state index contributed by atoms with van der Waals surface area (Å²) >= 11 is 0. The van der Waals surface area contributed by atoms with Crippen LogP contribution in [0.15, 0.2) is 91.2 Å². The number of halogens is 1. The maximum Gasteiger partial charge on any atom is 0.303 e. The van der Waals surface area contributed by atoms with E-state index in [-0.39, 0.29) is 34.7 Å². The first-order valence-electron chi connectivity index (χ1n) is 12.9. The Morgan fingerprint density at radius 2 is 1.63 bits per heavy atom. The van der Waals surface area contributed by atoms with Crippen molar-refractivity contribution in [3.8, 4) is 0 Å². The monoisotopic (exact) mass is 574 g/mol. The number of carbonyl (C=O) groups is 2. The van der Waals surface area contributed by atoms with Crippen LogP contribution < -0.4 is 21.9 Å². The van der Waals surface area contributed by atoms with Gasteiger partial charge in [0.1, 0.15) is 6.54 Å². The molecule has 198 valence electrons. The molecule has 0 unspecified atom stereocenters. The van der Waals surface area contributed by atoms with Gasteiger partial charge in [-0.25, -0.2) is 0 Å². The molecule has 1 amide bonds. The number of fused-ring (bicyclic) bond motifs is 3. The highest BCUT2D eigenvalue weighted by Gasteiger charge is 2.45. The molecule has 0 aliphatic carbocycles. The molecule has 0 aromatic heterocycles. The van der Waals surface area contributed by atoms with Crippen molar-refractivity contribution in [1.82, 2.24) is 0 Å². The standard InChI is InChI=1S/C32H34N2O3.BrH/c1-24(35)33(26-15-6-4-7-16-26)22-13-11-18-29-32(2,3)31-27-17-10-9-14-25(27)20-21-28(31)34(29)23-12-5-8-19-30(36)37;/h4,6-7,9-11,13-18,20-22H,5,8,12,19,23H2,1-3H3;1H. The number of carboxylic acid groups (broad SMARTS) is 1. The lowest BCUT2D eigenvalue weighted by Crippen LogP contribution is -3.00. The first kappa shape index (κ1) is 29.1. The van der Waals surface area contributed by atoms with E-state index in [1.807, 2.05) is 42.5 Å². The quantitative estimate of drug-likeness (QED) is 0.226. The molecule has 1 aliphatic rings. The Bertz CT molecular complexity index is 1390. The molecule has 6 heteroatoms. The Morgan fingerprint density at radius 3 is 2.34 bits per heavy atom. The fraction of sp³-hybridized carbons (Fsp3) is 0.281. The van der Waals surface area contributed by atoms with E-state index in [4.69, 9.17) is 5.11 Å². The van der Waals surface area contributed by atoms with E-state index in [1.165, 1.54) is 27.7 Å². The van der Waals surface area contributed by atoms with Crippen molar-refractivity contribution in [1.29, 1.82) is 0 Å². The number of carbonyl (C=O) groups excluding carboxylic acids is 1. The number of benzene rings is 3. The number of nitrogens with zero attached hydrogens (tertiary/aromatic N) is 2. The van der Waals surface area contributed by atoms with E-state index < -0.39 is 5.97 Å². The molecule has 1 heterocycles. The number of carboxylic acids is 1. The molecule has 4 rings (SSSR count). The minimum Gasteiger partial charge on any atom is -1.00 e. The number of anilines is 1. The third-order valence-electron chi connectivity index (χ3n) is 7.00. The van der Waals surface area contributed by atoms with Crippen LogP contribution in [-0.4, -0.2) is 33.8 Å². The number of allylic oxidation sites excluding steroid dienone is 3. The highest BCUT2D eigenvalue weighted by molar-refractivity contribution is 6.07. The van der Waals surface area contributed by atoms with Gasteiger partial charge in [-0.05, 0) is 61.7 Å². The summed E-state index contributed by atoms with van der Waals surface area (Å²) < 4.78 is 2.38. The summed E-state index contributed by atoms with van der Waals surface area (Å²) in [6, 6.07) is 22.5. The molecular formula is C32H35BrN2O3. The number of rotatable bonds is 10. The largest absolute Gasteiger partial charge is 1.00 e. The Morgan fingerprint density at radius 1 is 0.921 bits per heavy atom. The van der Waals surface area contributed by atoms with Gasteiger partial charge in [0.25, 0.3) is 0 Å². The van der Waals surface area contributed by atoms with Crippen molar-refractivity contribution in [2.24, 2.45) is 0 Å². The molecule has 0 spiro atoms. The van der Waals surface area contributed by atoms with Crippen LogP contribution in [0.4, 0.5) is 11.4 Å². The van der Waals surface area contributed by atoms with Crippen LogP contribution in [0.5, 0.6) is 0 Å². The number of unbranched alkanes of at least 4 members (excludes halogenated alkanes) is 2. The molecule has 1 aliphatic heterocycles. The number of aliphatic carboxylic acids is 1. The molecule has 0 bridgehead atoms. The molecule has 5 nitrogen and oxygen atoms in total. The molecular weight excluding hydrogens is 540 g/mol. The van der Waals surface area contributed by atoms with Gasteiger partial charge in [0.2, 0.25) is 11.6 Å². The molecule has 1 N–H and O–H groups in total. The first-order valence-corrected chi connectivity index (χ1v) is 12.9. The normalized spacial score (nSPS) is 14.2. The molecule has 0 saturated carbocycles. The van der Waals surface area contributed by atoms with Crippen molar-refractivity contribution in [3.63, 3.8) is 0 Å². The maximum atomic E-state index is 12.2. The summed E-state index contributed by atoms with van der Waals surface area (Å²) in [5.41, 5.74) is 4.32. The van der Waals surface area contributed by atoms with Crippen molar-refractivity contribution in [2.45, 2.75) is 51.9 Å². The highest BCUT2D eigenvalue weighted by atomic mass is 79.9. The van der Waals surface area contributed by atoms with Gasteiger partial charge >= 0.3 is 5.97 Å². The molecule has 3 aromatic rings. The lowest BCUT2D eigenvalue weighted by atomic mass is 9.79. The second kappa shape index (κ2) is 12.8. The molecule has 0 radical (unpaired) electrons. The van der Waals surface area contributed by atoms with Gasteiger partial charge in [0.05, 0.1) is 5.41 Å². The zero-order chi connectivity index (χ0) is 26.4. The Kier molecular flexibility index (Phi) is 9.81. The maximum absolute atomic E-state index is 12.2. The van der Waals surface area contributed by atoms with Crippen molar-refractivity contribution in [3.05, 3.63) is 96.7 Å². The summed E-state index contributed by atoms with van der Waals surface area (Å²) in [6.07, 6.45) is 10.5. The van der Waals surface area contributed by atoms with Gasteiger partial charge in [-0.15, -0.1) is 0 Å². The number of hydrogen-bond acceptors (Lipinski definition) is 2. The fourth-order valence-corrected chi connectivity index (χ4v) is 5.24. The fourth-order valence-electron chi connectivity index (χ4n) is 5.24. The van der Waals surface area contributed by atoms with Crippen molar-refractivity contribution in [2.75, 3.05) is 11.4 Å². The average molecular weight is 576 g/mol. The Balaban J connectivity index is 0.00000400. The summed E-state index contributed by atoms with van der Waals surface area (Å²) in [6.45, 7) is 6.90. The van der Waals surface area contributed by atoms with Crippen LogP contribution in [0.3, 0.4) is 0 Å². The van der Waals surface area contributed by atoms with Gasteiger partial charge in [-0.3, -0.25) is 14.5 Å². The van der Waals surface area contributed by atoms with Crippen LogP contribution in [0.2, 0.25) is 0 Å². The molecule has 38 heavy (non-hydrogen) atoms. The van der Waals surface area contributed by atoms with E-state index in [2.05, 4.69) is 60.9 Å².